The molecule has 4 rings (SSSR count). The molecule has 4 heterocycles. The zero-order chi connectivity index (χ0) is 35.8. The molecule has 280 valence electrons. The summed E-state index contributed by atoms with van der Waals surface area (Å²) in [6.45, 7) is -2.58. The molecule has 0 aliphatic carbocycles. The number of rotatable bonds is 11. The van der Waals surface area contributed by atoms with E-state index in [0.29, 0.717) is 0 Å². The molecular weight excluding hydrogens is 691 g/mol. The number of aliphatic hydroxyl groups is 11. The van der Waals surface area contributed by atoms with E-state index in [-0.39, 0.29) is 0 Å². The van der Waals surface area contributed by atoms with Gasteiger partial charge in [0.05, 0.1) is 19.8 Å². The third-order valence-electron chi connectivity index (χ3n) is 8.04. The summed E-state index contributed by atoms with van der Waals surface area (Å²) in [5, 5.41) is 123. The largest absolute Gasteiger partial charge is 0.479 e. The third kappa shape index (κ3) is 8.48. The van der Waals surface area contributed by atoms with Crippen molar-refractivity contribution in [2.24, 2.45) is 0 Å². The highest BCUT2D eigenvalue weighted by Gasteiger charge is 2.55. The number of phosphoric ester groups is 1. The van der Waals surface area contributed by atoms with Crippen molar-refractivity contribution in [1.29, 1.82) is 0 Å². The first kappa shape index (κ1) is 39.6. The second kappa shape index (κ2) is 16.0. The fraction of sp³-hybridized carbons (Fsp3) is 0.957. The van der Waals surface area contributed by atoms with Gasteiger partial charge in [-0.05, 0) is 0 Å². The highest BCUT2D eigenvalue weighted by atomic mass is 31.2. The Kier molecular flexibility index (Phi) is 13.2. The van der Waals surface area contributed by atoms with Crippen molar-refractivity contribution in [2.45, 2.75) is 117 Å². The number of hydrogen-bond donors (Lipinski definition) is 14. The summed E-state index contributed by atoms with van der Waals surface area (Å²) in [6.07, 6.45) is -37.6. The first-order valence-electron chi connectivity index (χ1n) is 14.3. The maximum Gasteiger partial charge on any atom is 0.470 e. The minimum Gasteiger partial charge on any atom is -0.479 e. The van der Waals surface area contributed by atoms with Gasteiger partial charge >= 0.3 is 13.8 Å². The van der Waals surface area contributed by atoms with E-state index in [0.717, 1.165) is 0 Å². The van der Waals surface area contributed by atoms with Gasteiger partial charge < -0.3 is 104 Å². The van der Waals surface area contributed by atoms with Crippen LogP contribution in [0.2, 0.25) is 0 Å². The summed E-state index contributed by atoms with van der Waals surface area (Å²) < 4.78 is 52.7. The highest BCUT2D eigenvalue weighted by molar-refractivity contribution is 7.46. The van der Waals surface area contributed by atoms with E-state index in [4.69, 9.17) is 42.9 Å². The molecule has 24 nitrogen and oxygen atoms in total. The molecule has 0 radical (unpaired) electrons. The zero-order valence-corrected chi connectivity index (χ0v) is 25.3. The van der Waals surface area contributed by atoms with Gasteiger partial charge in [0.1, 0.15) is 85.5 Å². The van der Waals surface area contributed by atoms with Gasteiger partial charge in [-0.3, -0.25) is 4.52 Å². The van der Waals surface area contributed by atoms with Crippen molar-refractivity contribution in [1.82, 2.24) is 0 Å². The van der Waals surface area contributed by atoms with Crippen LogP contribution in [-0.2, 0) is 47.0 Å². The van der Waals surface area contributed by atoms with Crippen LogP contribution in [0, 0.1) is 0 Å². The van der Waals surface area contributed by atoms with Gasteiger partial charge in [-0.25, -0.2) is 9.36 Å². The minimum atomic E-state index is -5.27. The molecule has 0 saturated carbocycles. The SMILES string of the molecule is O=C(O)[C@H]1O[C@@H](O[C@H]2[C@@H](O)[C@@H](CO)O[C@@H](O[C@H]3[C@@H](O)[C@@H](CO)O[C@@H](O[C@@H]4CO[C@@H](O)[C@H](OP(=O)(O)O)[C@H]4O)[C@@H]3O)[C@@H]2O)[C@H](O)[C@@H](O)[C@@H]1O. The van der Waals surface area contributed by atoms with Crippen LogP contribution in [0.1, 0.15) is 0 Å². The first-order valence-corrected chi connectivity index (χ1v) is 15.8. The van der Waals surface area contributed by atoms with Crippen LogP contribution < -0.4 is 0 Å². The van der Waals surface area contributed by atoms with Crippen LogP contribution in [0.15, 0.2) is 0 Å². The molecule has 0 amide bonds. The van der Waals surface area contributed by atoms with Crippen molar-refractivity contribution in [3.8, 4) is 0 Å². The van der Waals surface area contributed by atoms with Crippen molar-refractivity contribution in [3.63, 3.8) is 0 Å². The van der Waals surface area contributed by atoms with Crippen molar-refractivity contribution in [3.05, 3.63) is 0 Å². The molecule has 0 spiro atoms. The number of carboxylic acids is 1. The monoisotopic (exact) mass is 730 g/mol. The topological polar surface area (TPSA) is 391 Å². The molecule has 0 aromatic carbocycles. The standard InChI is InChI=1S/C23H39O24P/c24-1-4-7(26)15(13(32)22(41-4)43-6-3-40-20(36)18(9(6)28)47-48(37,38)39)45-23-14(33)16(8(27)5(2-25)42-23)44-21-12(31)10(29)11(30)17(46-21)19(34)35/h4-18,20-33,36H,1-3H2,(H,34,35)(H2,37,38,39)/t4-,5-,6-,7+,8+,9+,10+,11+,12-,13-,14-,15+,16+,17+,18-,20-,21-,22+,23+/m1/s1. The molecule has 0 aromatic heterocycles. The Bertz CT molecular complexity index is 1110. The maximum atomic E-state index is 11.5. The van der Waals surface area contributed by atoms with Crippen LogP contribution >= 0.6 is 7.82 Å². The predicted molar refractivity (Wildman–Crippen MR) is 139 cm³/mol. The number of ether oxygens (including phenoxy) is 7. The lowest BCUT2D eigenvalue weighted by Crippen LogP contribution is -2.67. The maximum absolute atomic E-state index is 11.5. The molecule has 4 fully saturated rings. The van der Waals surface area contributed by atoms with Gasteiger partial charge in [0.15, 0.2) is 31.3 Å². The van der Waals surface area contributed by atoms with E-state index in [2.05, 4.69) is 4.52 Å². The van der Waals surface area contributed by atoms with Gasteiger partial charge in [-0.15, -0.1) is 0 Å². The summed E-state index contributed by atoms with van der Waals surface area (Å²) in [5.74, 6) is -1.77. The summed E-state index contributed by atoms with van der Waals surface area (Å²) in [7, 11) is -5.27. The molecule has 4 aliphatic heterocycles. The number of carboxylic acid groups (broad SMARTS) is 1. The Hall–Kier alpha value is -1.14. The van der Waals surface area contributed by atoms with Crippen LogP contribution in [0.3, 0.4) is 0 Å². The van der Waals surface area contributed by atoms with Gasteiger partial charge in [0.2, 0.25) is 0 Å². The van der Waals surface area contributed by atoms with E-state index in [1.807, 2.05) is 0 Å². The van der Waals surface area contributed by atoms with Crippen LogP contribution in [-0.4, -0.2) is 214 Å². The molecule has 4 saturated heterocycles. The number of aliphatic carboxylic acids is 1. The lowest BCUT2D eigenvalue weighted by molar-refractivity contribution is -0.385. The van der Waals surface area contributed by atoms with Crippen molar-refractivity contribution < 1.29 is 118 Å². The quantitative estimate of drug-likeness (QED) is 0.0877. The van der Waals surface area contributed by atoms with Gasteiger partial charge in [0, 0.05) is 0 Å². The van der Waals surface area contributed by atoms with E-state index in [1.165, 1.54) is 0 Å². The second-order valence-electron chi connectivity index (χ2n) is 11.3. The van der Waals surface area contributed by atoms with Gasteiger partial charge in [-0.1, -0.05) is 0 Å². The van der Waals surface area contributed by atoms with Crippen molar-refractivity contribution in [2.75, 3.05) is 19.8 Å². The van der Waals surface area contributed by atoms with E-state index >= 15 is 0 Å². The Labute approximate surface area is 268 Å². The van der Waals surface area contributed by atoms with Gasteiger partial charge in [0.25, 0.3) is 0 Å². The number of aliphatic hydroxyl groups excluding tert-OH is 11. The number of hydrogen-bond acceptors (Lipinski definition) is 21. The van der Waals surface area contributed by atoms with Crippen molar-refractivity contribution >= 4 is 13.8 Å². The Morgan fingerprint density at radius 1 is 0.625 bits per heavy atom. The molecule has 19 atom stereocenters. The highest BCUT2D eigenvalue weighted by Crippen LogP contribution is 2.41. The van der Waals surface area contributed by atoms with Crippen LogP contribution in [0.4, 0.5) is 0 Å². The molecule has 4 aliphatic rings. The first-order chi connectivity index (χ1) is 22.4. The molecule has 0 unspecified atom stereocenters. The summed E-state index contributed by atoms with van der Waals surface area (Å²) in [5.41, 5.74) is 0. The number of phosphoric acid groups is 1. The lowest BCUT2D eigenvalue weighted by atomic mass is 9.96. The normalized spacial score (nSPS) is 49.1. The summed E-state index contributed by atoms with van der Waals surface area (Å²) >= 11 is 0. The Morgan fingerprint density at radius 2 is 1.10 bits per heavy atom. The third-order valence-corrected chi connectivity index (χ3v) is 8.55. The van der Waals surface area contributed by atoms with E-state index in [1.54, 1.807) is 0 Å². The molecular formula is C23H39O24P. The molecule has 14 N–H and O–H groups in total. The molecule has 0 bridgehead atoms. The van der Waals surface area contributed by atoms with E-state index in [9.17, 15) is 70.6 Å². The lowest BCUT2D eigenvalue weighted by Gasteiger charge is -2.48. The van der Waals surface area contributed by atoms with E-state index < -0.39 is 150 Å². The minimum absolute atomic E-state index is 0.656. The predicted octanol–water partition coefficient (Wildman–Crippen LogP) is -8.90. The average molecular weight is 731 g/mol. The smallest absolute Gasteiger partial charge is 0.470 e. The molecule has 48 heavy (non-hydrogen) atoms. The van der Waals surface area contributed by atoms with Crippen LogP contribution in [0.5, 0.6) is 0 Å². The Balaban J connectivity index is 1.52. The summed E-state index contributed by atoms with van der Waals surface area (Å²) in [4.78, 5) is 29.6. The van der Waals surface area contributed by atoms with Gasteiger partial charge in [-0.2, -0.15) is 0 Å². The average Bonchev–Trinajstić information content (AvgIpc) is 3.02. The summed E-state index contributed by atoms with van der Waals surface area (Å²) in [6, 6.07) is 0. The zero-order valence-electron chi connectivity index (χ0n) is 24.4. The van der Waals surface area contributed by atoms with Crippen LogP contribution in [0.25, 0.3) is 0 Å². The molecule has 0 aromatic rings. The second-order valence-corrected chi connectivity index (χ2v) is 12.5. The number of carbonyl (C=O) groups is 1. The fourth-order valence-electron chi connectivity index (χ4n) is 5.46. The molecule has 25 heteroatoms. The fourth-order valence-corrected chi connectivity index (χ4v) is 6.00. The Morgan fingerprint density at radius 3 is 1.56 bits per heavy atom.